The van der Waals surface area contributed by atoms with Crippen LogP contribution in [0.4, 0.5) is 0 Å². The highest BCUT2D eigenvalue weighted by Crippen LogP contribution is 2.10. The molecule has 0 radical (unpaired) electrons. The second kappa shape index (κ2) is 8.57. The van der Waals surface area contributed by atoms with Crippen LogP contribution in [0.3, 0.4) is 0 Å². The Hall–Kier alpha value is -0.510. The van der Waals surface area contributed by atoms with Crippen LogP contribution < -0.4 is 5.32 Å². The molecule has 0 amide bonds. The van der Waals surface area contributed by atoms with Gasteiger partial charge in [-0.2, -0.15) is 11.8 Å². The van der Waals surface area contributed by atoms with Crippen LogP contribution in [0.1, 0.15) is 18.4 Å². The topological polar surface area (TPSA) is 15.3 Å². The molecule has 0 aliphatic carbocycles. The molecule has 18 heavy (non-hydrogen) atoms. The maximum atomic E-state index is 3.54. The molecule has 1 aliphatic rings. The lowest BCUT2D eigenvalue weighted by molar-refractivity contribution is 0.337. The molecule has 0 unspecified atom stereocenters. The average molecular weight is 264 g/mol. The van der Waals surface area contributed by atoms with Crippen LogP contribution in [0.15, 0.2) is 30.3 Å². The number of thioether (sulfide) groups is 1. The van der Waals surface area contributed by atoms with E-state index in [0.29, 0.717) is 0 Å². The summed E-state index contributed by atoms with van der Waals surface area (Å²) in [7, 11) is 0. The van der Waals surface area contributed by atoms with Gasteiger partial charge in [0, 0.05) is 31.1 Å². The van der Waals surface area contributed by atoms with Crippen molar-refractivity contribution >= 4 is 11.8 Å². The normalized spacial score (nSPS) is 16.2. The maximum Gasteiger partial charge on any atom is 0.0185 e. The highest BCUT2D eigenvalue weighted by molar-refractivity contribution is 7.98. The summed E-state index contributed by atoms with van der Waals surface area (Å²) in [5.74, 6) is 2.34. The van der Waals surface area contributed by atoms with Crippen molar-refractivity contribution in [1.29, 1.82) is 0 Å². The first-order valence-electron chi connectivity index (χ1n) is 7.00. The summed E-state index contributed by atoms with van der Waals surface area (Å²) in [4.78, 5) is 2.56. The average Bonchev–Trinajstić information content (AvgIpc) is 2.92. The van der Waals surface area contributed by atoms with Crippen molar-refractivity contribution < 1.29 is 0 Å². The molecule has 1 aromatic rings. The molecular weight excluding hydrogens is 240 g/mol. The molecular formula is C15H24N2S. The molecule has 0 atom stereocenters. The van der Waals surface area contributed by atoms with E-state index < -0.39 is 0 Å². The zero-order valence-corrected chi connectivity index (χ0v) is 11.9. The van der Waals surface area contributed by atoms with E-state index in [1.807, 2.05) is 11.8 Å². The molecule has 1 fully saturated rings. The van der Waals surface area contributed by atoms with Gasteiger partial charge in [0.15, 0.2) is 0 Å². The monoisotopic (exact) mass is 264 g/mol. The zero-order valence-electron chi connectivity index (χ0n) is 11.1. The van der Waals surface area contributed by atoms with Crippen molar-refractivity contribution in [2.75, 3.05) is 38.5 Å². The van der Waals surface area contributed by atoms with Gasteiger partial charge in [0.2, 0.25) is 0 Å². The molecule has 2 nitrogen and oxygen atoms in total. The summed E-state index contributed by atoms with van der Waals surface area (Å²) in [6, 6.07) is 10.7. The molecule has 2 rings (SSSR count). The van der Waals surface area contributed by atoms with E-state index in [1.54, 1.807) is 0 Å². The Morgan fingerprint density at radius 2 is 1.83 bits per heavy atom. The molecule has 0 aromatic heterocycles. The Kier molecular flexibility index (Phi) is 6.62. The maximum absolute atomic E-state index is 3.54. The Balaban J connectivity index is 1.42. The molecule has 0 bridgehead atoms. The Morgan fingerprint density at radius 3 is 2.61 bits per heavy atom. The fraction of sp³-hybridized carbons (Fsp3) is 0.600. The minimum absolute atomic E-state index is 1.13. The van der Waals surface area contributed by atoms with E-state index in [1.165, 1.54) is 43.8 Å². The van der Waals surface area contributed by atoms with Gasteiger partial charge in [-0.1, -0.05) is 30.3 Å². The number of nitrogens with one attached hydrogen (secondary N) is 1. The SMILES string of the molecule is c1ccc(CSCCNCCN2CCCC2)cc1. The Bertz CT molecular complexity index is 310. The van der Waals surface area contributed by atoms with Crippen molar-refractivity contribution in [2.24, 2.45) is 0 Å². The van der Waals surface area contributed by atoms with Crippen LogP contribution in [0, 0.1) is 0 Å². The van der Waals surface area contributed by atoms with E-state index in [2.05, 4.69) is 40.5 Å². The van der Waals surface area contributed by atoms with Crippen LogP contribution in [-0.4, -0.2) is 43.4 Å². The predicted molar refractivity (Wildman–Crippen MR) is 81.1 cm³/mol. The third-order valence-corrected chi connectivity index (χ3v) is 4.37. The van der Waals surface area contributed by atoms with Gasteiger partial charge in [0.1, 0.15) is 0 Å². The lowest BCUT2D eigenvalue weighted by atomic mass is 10.2. The highest BCUT2D eigenvalue weighted by atomic mass is 32.2. The molecule has 3 heteroatoms. The minimum atomic E-state index is 1.13. The van der Waals surface area contributed by atoms with Crippen molar-refractivity contribution in [3.8, 4) is 0 Å². The largest absolute Gasteiger partial charge is 0.315 e. The summed E-state index contributed by atoms with van der Waals surface area (Å²) in [5, 5.41) is 3.54. The molecule has 1 saturated heterocycles. The zero-order chi connectivity index (χ0) is 12.5. The fourth-order valence-corrected chi connectivity index (χ4v) is 3.14. The number of likely N-dealkylation sites (tertiary alicyclic amines) is 1. The van der Waals surface area contributed by atoms with Gasteiger partial charge in [0.25, 0.3) is 0 Å². The van der Waals surface area contributed by atoms with Crippen molar-refractivity contribution in [2.45, 2.75) is 18.6 Å². The first-order chi connectivity index (χ1) is 8.95. The van der Waals surface area contributed by atoms with E-state index in [4.69, 9.17) is 0 Å². The molecule has 0 saturated carbocycles. The molecule has 1 aromatic carbocycles. The quantitative estimate of drug-likeness (QED) is 0.727. The van der Waals surface area contributed by atoms with E-state index in [9.17, 15) is 0 Å². The van der Waals surface area contributed by atoms with Gasteiger partial charge in [-0.25, -0.2) is 0 Å². The molecule has 1 aliphatic heterocycles. The van der Waals surface area contributed by atoms with Crippen LogP contribution in [0.5, 0.6) is 0 Å². The van der Waals surface area contributed by atoms with Crippen molar-refractivity contribution in [1.82, 2.24) is 10.2 Å². The predicted octanol–water partition coefficient (Wildman–Crippen LogP) is 2.61. The number of benzene rings is 1. The molecule has 0 spiro atoms. The lowest BCUT2D eigenvalue weighted by Crippen LogP contribution is -2.30. The molecule has 1 heterocycles. The van der Waals surface area contributed by atoms with E-state index in [0.717, 1.165) is 18.8 Å². The summed E-state index contributed by atoms with van der Waals surface area (Å²) in [6.45, 7) is 6.12. The van der Waals surface area contributed by atoms with E-state index >= 15 is 0 Å². The smallest absolute Gasteiger partial charge is 0.0185 e. The molecule has 100 valence electrons. The van der Waals surface area contributed by atoms with Gasteiger partial charge in [-0.15, -0.1) is 0 Å². The second-order valence-electron chi connectivity index (χ2n) is 4.84. The molecule has 1 N–H and O–H groups in total. The third kappa shape index (κ3) is 5.42. The summed E-state index contributed by atoms with van der Waals surface area (Å²) >= 11 is 2.01. The first kappa shape index (κ1) is 13.9. The van der Waals surface area contributed by atoms with Gasteiger partial charge < -0.3 is 10.2 Å². The minimum Gasteiger partial charge on any atom is -0.315 e. The van der Waals surface area contributed by atoms with Crippen LogP contribution in [0.2, 0.25) is 0 Å². The Morgan fingerprint density at radius 1 is 1.06 bits per heavy atom. The van der Waals surface area contributed by atoms with Crippen molar-refractivity contribution in [3.05, 3.63) is 35.9 Å². The number of hydrogen-bond donors (Lipinski definition) is 1. The van der Waals surface area contributed by atoms with Crippen LogP contribution >= 0.6 is 11.8 Å². The summed E-state index contributed by atoms with van der Waals surface area (Å²) in [5.41, 5.74) is 1.43. The Labute approximate surface area is 115 Å². The number of hydrogen-bond acceptors (Lipinski definition) is 3. The van der Waals surface area contributed by atoms with E-state index in [-0.39, 0.29) is 0 Å². The number of nitrogens with zero attached hydrogens (tertiary/aromatic N) is 1. The fourth-order valence-electron chi connectivity index (χ4n) is 2.28. The van der Waals surface area contributed by atoms with Gasteiger partial charge >= 0.3 is 0 Å². The van der Waals surface area contributed by atoms with Gasteiger partial charge in [0.05, 0.1) is 0 Å². The first-order valence-corrected chi connectivity index (χ1v) is 8.15. The van der Waals surface area contributed by atoms with Crippen molar-refractivity contribution in [3.63, 3.8) is 0 Å². The van der Waals surface area contributed by atoms with Crippen LogP contribution in [0.25, 0.3) is 0 Å². The highest BCUT2D eigenvalue weighted by Gasteiger charge is 2.09. The standard InChI is InChI=1S/C15H24N2S/c1-2-6-15(7-3-1)14-18-13-9-16-8-12-17-10-4-5-11-17/h1-3,6-7,16H,4-5,8-14H2. The number of rotatable bonds is 8. The summed E-state index contributed by atoms with van der Waals surface area (Å²) < 4.78 is 0. The third-order valence-electron chi connectivity index (χ3n) is 3.34. The summed E-state index contributed by atoms with van der Waals surface area (Å²) in [6.07, 6.45) is 2.79. The van der Waals surface area contributed by atoms with Gasteiger partial charge in [-0.05, 0) is 31.5 Å². The second-order valence-corrected chi connectivity index (χ2v) is 5.94. The van der Waals surface area contributed by atoms with Crippen LogP contribution in [-0.2, 0) is 5.75 Å². The lowest BCUT2D eigenvalue weighted by Gasteiger charge is -2.14. The van der Waals surface area contributed by atoms with Gasteiger partial charge in [-0.3, -0.25) is 0 Å².